The van der Waals surface area contributed by atoms with Crippen molar-refractivity contribution in [3.63, 3.8) is 0 Å². The molecular weight excluding hydrogens is 330 g/mol. The van der Waals surface area contributed by atoms with E-state index in [0.29, 0.717) is 24.3 Å². The maximum absolute atomic E-state index is 11.9. The number of carbonyl (C=O) groups is 1. The number of likely N-dealkylation sites (tertiary alicyclic amines) is 1. The Bertz CT molecular complexity index is 1130. The van der Waals surface area contributed by atoms with E-state index in [0.717, 1.165) is 46.5 Å². The van der Waals surface area contributed by atoms with E-state index in [1.165, 1.54) is 0 Å². The summed E-state index contributed by atoms with van der Waals surface area (Å²) in [4.78, 5) is 26.1. The number of fused-ring (bicyclic) bond motifs is 3. The van der Waals surface area contributed by atoms with Crippen LogP contribution in [0.4, 0.5) is 5.82 Å². The number of rotatable bonds is 3. The van der Waals surface area contributed by atoms with Crippen LogP contribution in [0.5, 0.6) is 0 Å². The average Bonchev–Trinajstić information content (AvgIpc) is 3.37. The number of anilines is 1. The number of amides is 1. The Morgan fingerprint density at radius 1 is 1.23 bits per heavy atom. The lowest BCUT2D eigenvalue weighted by Crippen LogP contribution is -2.24. The number of hydrogen-bond acceptors (Lipinski definition) is 5. The van der Waals surface area contributed by atoms with Crippen LogP contribution < -0.4 is 5.73 Å². The van der Waals surface area contributed by atoms with Crippen LogP contribution in [-0.4, -0.2) is 42.5 Å². The lowest BCUT2D eigenvalue weighted by molar-refractivity contribution is -0.128. The number of carbonyl (C=O) groups excluding carboxylic acids is 1. The molecule has 130 valence electrons. The molecule has 0 aliphatic carbocycles. The van der Waals surface area contributed by atoms with Crippen molar-refractivity contribution in [3.8, 4) is 11.3 Å². The fraction of sp³-hybridized carbons (Fsp3) is 0.222. The van der Waals surface area contributed by atoms with Gasteiger partial charge in [0, 0.05) is 30.1 Å². The highest BCUT2D eigenvalue weighted by atomic mass is 16.2. The summed E-state index contributed by atoms with van der Waals surface area (Å²) in [6.07, 6.45) is 3.23. The van der Waals surface area contributed by atoms with Gasteiger partial charge in [-0.05, 0) is 24.6 Å². The maximum atomic E-state index is 11.9. The van der Waals surface area contributed by atoms with Gasteiger partial charge in [-0.1, -0.05) is 6.07 Å². The highest BCUT2D eigenvalue weighted by molar-refractivity contribution is 6.07. The van der Waals surface area contributed by atoms with Crippen LogP contribution in [0.1, 0.15) is 18.7 Å². The molecule has 1 aliphatic rings. The molecule has 1 amide bonds. The molecule has 1 aliphatic heterocycles. The predicted molar refractivity (Wildman–Crippen MR) is 98.0 cm³/mol. The van der Waals surface area contributed by atoms with Gasteiger partial charge in [-0.25, -0.2) is 9.97 Å². The quantitative estimate of drug-likeness (QED) is 0.525. The minimum atomic E-state index is 0.172. The topological polar surface area (TPSA) is 117 Å². The van der Waals surface area contributed by atoms with Crippen LogP contribution in [0.25, 0.3) is 33.2 Å². The van der Waals surface area contributed by atoms with E-state index in [2.05, 4.69) is 20.2 Å². The molecule has 26 heavy (non-hydrogen) atoms. The molecule has 4 N–H and O–H groups in total. The molecule has 0 atom stereocenters. The third-order valence-corrected chi connectivity index (χ3v) is 4.83. The SMILES string of the molecule is Nc1nc2cc(-c3ccn[nH]3)ccc2c2nc(CN3CCCC3=O)[nH]c12. The Labute approximate surface area is 148 Å². The van der Waals surface area contributed by atoms with E-state index in [1.807, 2.05) is 29.2 Å². The van der Waals surface area contributed by atoms with Gasteiger partial charge in [0.25, 0.3) is 0 Å². The molecule has 0 unspecified atom stereocenters. The summed E-state index contributed by atoms with van der Waals surface area (Å²) in [5.74, 6) is 1.31. The smallest absolute Gasteiger partial charge is 0.223 e. The van der Waals surface area contributed by atoms with Gasteiger partial charge in [0.05, 0.1) is 17.8 Å². The summed E-state index contributed by atoms with van der Waals surface area (Å²) in [6.45, 7) is 1.25. The fourth-order valence-electron chi connectivity index (χ4n) is 3.52. The number of nitrogens with one attached hydrogen (secondary N) is 2. The number of nitrogens with zero attached hydrogens (tertiary/aromatic N) is 4. The van der Waals surface area contributed by atoms with Crippen LogP contribution in [0.15, 0.2) is 30.5 Å². The van der Waals surface area contributed by atoms with Crippen molar-refractivity contribution in [1.29, 1.82) is 0 Å². The van der Waals surface area contributed by atoms with E-state index in [4.69, 9.17) is 10.7 Å². The first-order valence-electron chi connectivity index (χ1n) is 8.54. The lowest BCUT2D eigenvalue weighted by atomic mass is 10.1. The molecule has 1 saturated heterocycles. The zero-order valence-electron chi connectivity index (χ0n) is 14.0. The first-order valence-corrected chi connectivity index (χ1v) is 8.54. The van der Waals surface area contributed by atoms with E-state index in [1.54, 1.807) is 6.20 Å². The molecule has 8 heteroatoms. The Morgan fingerprint density at radius 3 is 2.92 bits per heavy atom. The molecule has 0 radical (unpaired) electrons. The van der Waals surface area contributed by atoms with Crippen molar-refractivity contribution in [2.45, 2.75) is 19.4 Å². The van der Waals surface area contributed by atoms with Gasteiger partial charge >= 0.3 is 0 Å². The highest BCUT2D eigenvalue weighted by Gasteiger charge is 2.22. The summed E-state index contributed by atoms with van der Waals surface area (Å²) < 4.78 is 0. The number of aromatic amines is 2. The largest absolute Gasteiger partial charge is 0.382 e. The normalized spacial score (nSPS) is 14.8. The van der Waals surface area contributed by atoms with Crippen LogP contribution in [-0.2, 0) is 11.3 Å². The molecule has 1 aromatic carbocycles. The van der Waals surface area contributed by atoms with Gasteiger partial charge < -0.3 is 15.6 Å². The Morgan fingerprint density at radius 2 is 2.15 bits per heavy atom. The number of aromatic nitrogens is 5. The number of benzene rings is 1. The summed E-state index contributed by atoms with van der Waals surface area (Å²) in [5.41, 5.74) is 10.3. The van der Waals surface area contributed by atoms with Crippen molar-refractivity contribution in [2.75, 3.05) is 12.3 Å². The number of pyridine rings is 1. The van der Waals surface area contributed by atoms with Crippen LogP contribution >= 0.6 is 0 Å². The van der Waals surface area contributed by atoms with E-state index in [9.17, 15) is 4.79 Å². The molecule has 1 fully saturated rings. The van der Waals surface area contributed by atoms with Crippen LogP contribution in [0, 0.1) is 0 Å². The van der Waals surface area contributed by atoms with Gasteiger partial charge in [0.15, 0.2) is 0 Å². The molecule has 3 aromatic heterocycles. The van der Waals surface area contributed by atoms with Crippen molar-refractivity contribution < 1.29 is 4.79 Å². The number of nitrogen functional groups attached to an aromatic ring is 1. The second kappa shape index (κ2) is 5.55. The molecule has 0 saturated carbocycles. The van der Waals surface area contributed by atoms with Crippen molar-refractivity contribution in [1.82, 2.24) is 30.0 Å². The molecule has 8 nitrogen and oxygen atoms in total. The van der Waals surface area contributed by atoms with E-state index in [-0.39, 0.29) is 5.91 Å². The zero-order valence-corrected chi connectivity index (χ0v) is 14.0. The van der Waals surface area contributed by atoms with Gasteiger partial charge in [0.1, 0.15) is 22.7 Å². The summed E-state index contributed by atoms with van der Waals surface area (Å²) >= 11 is 0. The number of imidazole rings is 1. The van der Waals surface area contributed by atoms with Gasteiger partial charge in [-0.15, -0.1) is 0 Å². The maximum Gasteiger partial charge on any atom is 0.223 e. The number of H-pyrrole nitrogens is 2. The van der Waals surface area contributed by atoms with E-state index < -0.39 is 0 Å². The Balaban J connectivity index is 1.61. The first-order chi connectivity index (χ1) is 12.7. The lowest BCUT2D eigenvalue weighted by Gasteiger charge is -2.12. The second-order valence-electron chi connectivity index (χ2n) is 6.53. The summed E-state index contributed by atoms with van der Waals surface area (Å²) in [5, 5.41) is 7.86. The Kier molecular flexibility index (Phi) is 3.18. The van der Waals surface area contributed by atoms with Crippen molar-refractivity contribution in [3.05, 3.63) is 36.3 Å². The minimum absolute atomic E-state index is 0.172. The third-order valence-electron chi connectivity index (χ3n) is 4.83. The summed E-state index contributed by atoms with van der Waals surface area (Å²) in [6, 6.07) is 7.87. The summed E-state index contributed by atoms with van der Waals surface area (Å²) in [7, 11) is 0. The van der Waals surface area contributed by atoms with Gasteiger partial charge in [-0.2, -0.15) is 5.10 Å². The average molecular weight is 347 g/mol. The number of nitrogens with two attached hydrogens (primary N) is 1. The minimum Gasteiger partial charge on any atom is -0.382 e. The van der Waals surface area contributed by atoms with Crippen molar-refractivity contribution in [2.24, 2.45) is 0 Å². The molecular formula is C18H17N7O. The Hall–Kier alpha value is -3.42. The molecule has 0 bridgehead atoms. The second-order valence-corrected chi connectivity index (χ2v) is 6.53. The predicted octanol–water partition coefficient (Wildman–Crippen LogP) is 2.21. The molecule has 4 heterocycles. The highest BCUT2D eigenvalue weighted by Crippen LogP contribution is 2.29. The van der Waals surface area contributed by atoms with Crippen LogP contribution in [0.2, 0.25) is 0 Å². The monoisotopic (exact) mass is 347 g/mol. The van der Waals surface area contributed by atoms with Crippen molar-refractivity contribution >= 4 is 33.7 Å². The number of hydrogen-bond donors (Lipinski definition) is 3. The molecule has 4 aromatic rings. The third kappa shape index (κ3) is 2.30. The first kappa shape index (κ1) is 14.9. The van der Waals surface area contributed by atoms with E-state index >= 15 is 0 Å². The van der Waals surface area contributed by atoms with Crippen LogP contribution in [0.3, 0.4) is 0 Å². The van der Waals surface area contributed by atoms with Gasteiger partial charge in [0.2, 0.25) is 5.91 Å². The zero-order chi connectivity index (χ0) is 17.7. The molecule has 5 rings (SSSR count). The standard InChI is InChI=1S/C18H17N7O/c19-18-17-16(22-14(23-17)9-25-7-1-2-15(25)26)11-4-3-10(8-13(11)21-18)12-5-6-20-24-12/h3-6,8H,1-2,7,9H2,(H2,19,21)(H,20,24)(H,22,23). The van der Waals surface area contributed by atoms with Gasteiger partial charge in [-0.3, -0.25) is 9.89 Å². The fourth-order valence-corrected chi connectivity index (χ4v) is 3.52. The molecule has 0 spiro atoms.